The van der Waals surface area contributed by atoms with E-state index in [1.54, 1.807) is 0 Å². The van der Waals surface area contributed by atoms with Crippen LogP contribution in [0, 0.1) is 0 Å². The van der Waals surface area contributed by atoms with Crippen molar-refractivity contribution in [3.05, 3.63) is 17.5 Å². The Hall–Kier alpha value is -1.53. The normalized spacial score (nSPS) is 11.8. The average Bonchev–Trinajstić information content (AvgIpc) is 2.57. The molecular weight excluding hydrogens is 225 g/mol. The molecule has 0 bridgehead atoms. The number of carboxylic acids is 1. The maximum absolute atomic E-state index is 12.3. The van der Waals surface area contributed by atoms with Crippen LogP contribution < -0.4 is 0 Å². The molecule has 0 amide bonds. The van der Waals surface area contributed by atoms with Crippen molar-refractivity contribution in [1.82, 2.24) is 9.78 Å². The first kappa shape index (κ1) is 12.5. The van der Waals surface area contributed by atoms with E-state index in [2.05, 4.69) is 5.10 Å². The number of aryl methyl sites for hydroxylation is 1. The highest BCUT2D eigenvalue weighted by Crippen LogP contribution is 2.28. The smallest absolute Gasteiger partial charge is 0.435 e. The number of aromatic carboxylic acids is 1. The number of hydrogen-bond donors (Lipinski definition) is 1. The first-order valence-electron chi connectivity index (χ1n) is 4.74. The monoisotopic (exact) mass is 236 g/mol. The van der Waals surface area contributed by atoms with Gasteiger partial charge in [-0.3, -0.25) is 4.68 Å². The Kier molecular flexibility index (Phi) is 3.56. The van der Waals surface area contributed by atoms with E-state index >= 15 is 0 Å². The summed E-state index contributed by atoms with van der Waals surface area (Å²) in [7, 11) is 0. The fourth-order valence-corrected chi connectivity index (χ4v) is 1.21. The molecular formula is C9H11F3N2O2. The van der Waals surface area contributed by atoms with Gasteiger partial charge >= 0.3 is 12.1 Å². The minimum Gasteiger partial charge on any atom is -0.477 e. The summed E-state index contributed by atoms with van der Waals surface area (Å²) in [6.45, 7) is 2.03. The summed E-state index contributed by atoms with van der Waals surface area (Å²) < 4.78 is 37.8. The molecule has 0 spiro atoms. The number of alkyl halides is 3. The minimum atomic E-state index is -4.61. The molecule has 1 heterocycles. The number of aromatic nitrogens is 2. The van der Waals surface area contributed by atoms with Crippen molar-refractivity contribution < 1.29 is 23.1 Å². The molecule has 90 valence electrons. The van der Waals surface area contributed by atoms with Gasteiger partial charge in [0.05, 0.1) is 0 Å². The van der Waals surface area contributed by atoms with Gasteiger partial charge in [-0.25, -0.2) is 4.79 Å². The Morgan fingerprint density at radius 1 is 1.56 bits per heavy atom. The molecule has 1 rings (SSSR count). The third kappa shape index (κ3) is 2.74. The van der Waals surface area contributed by atoms with Crippen LogP contribution in [0.1, 0.15) is 35.9 Å². The number of hydrogen-bond acceptors (Lipinski definition) is 2. The Bertz CT molecular complexity index is 385. The molecule has 0 aliphatic rings. The van der Waals surface area contributed by atoms with Crippen LogP contribution in [0.25, 0.3) is 0 Å². The van der Waals surface area contributed by atoms with Crippen molar-refractivity contribution >= 4 is 5.97 Å². The molecule has 0 aliphatic carbocycles. The summed E-state index contributed by atoms with van der Waals surface area (Å²) in [6, 6.07) is 0.554. The van der Waals surface area contributed by atoms with Crippen molar-refractivity contribution in [2.45, 2.75) is 32.5 Å². The number of carboxylic acid groups (broad SMARTS) is 1. The molecule has 1 N–H and O–H groups in total. The number of unbranched alkanes of at least 4 members (excludes halogenated alkanes) is 1. The highest BCUT2D eigenvalue weighted by molar-refractivity contribution is 5.85. The van der Waals surface area contributed by atoms with Gasteiger partial charge in [-0.15, -0.1) is 0 Å². The van der Waals surface area contributed by atoms with E-state index in [1.807, 2.05) is 6.92 Å². The lowest BCUT2D eigenvalue weighted by atomic mass is 10.3. The first-order chi connectivity index (χ1) is 7.36. The molecule has 0 aromatic carbocycles. The summed E-state index contributed by atoms with van der Waals surface area (Å²) in [6.07, 6.45) is -3.28. The fourth-order valence-electron chi connectivity index (χ4n) is 1.21. The van der Waals surface area contributed by atoms with Gasteiger partial charge in [0.1, 0.15) is 5.69 Å². The highest BCUT2D eigenvalue weighted by Gasteiger charge is 2.35. The van der Waals surface area contributed by atoms with E-state index < -0.39 is 23.5 Å². The third-order valence-corrected chi connectivity index (χ3v) is 2.01. The zero-order valence-electron chi connectivity index (χ0n) is 8.58. The molecule has 0 radical (unpaired) electrons. The maximum atomic E-state index is 12.3. The van der Waals surface area contributed by atoms with Crippen LogP contribution >= 0.6 is 0 Å². The molecule has 7 heteroatoms. The second-order valence-corrected chi connectivity index (χ2v) is 3.29. The number of halogens is 3. The summed E-state index contributed by atoms with van der Waals surface area (Å²) in [5, 5.41) is 12.0. The first-order valence-corrected chi connectivity index (χ1v) is 4.74. The largest absolute Gasteiger partial charge is 0.477 e. The van der Waals surface area contributed by atoms with Crippen LogP contribution in [0.4, 0.5) is 13.2 Å². The van der Waals surface area contributed by atoms with E-state index in [4.69, 9.17) is 5.11 Å². The average molecular weight is 236 g/mol. The Balaban J connectivity index is 3.05. The molecule has 0 unspecified atom stereocenters. The summed E-state index contributed by atoms with van der Waals surface area (Å²) >= 11 is 0. The van der Waals surface area contributed by atoms with Gasteiger partial charge < -0.3 is 5.11 Å². The highest BCUT2D eigenvalue weighted by atomic mass is 19.4. The summed E-state index contributed by atoms with van der Waals surface area (Å²) in [5.74, 6) is -1.40. The Labute approximate surface area is 89.7 Å². The minimum absolute atomic E-state index is 0.175. The lowest BCUT2D eigenvalue weighted by Crippen LogP contribution is -2.11. The van der Waals surface area contributed by atoms with Crippen molar-refractivity contribution in [2.24, 2.45) is 0 Å². The van der Waals surface area contributed by atoms with Crippen LogP contribution in [0.3, 0.4) is 0 Å². The summed E-state index contributed by atoms with van der Waals surface area (Å²) in [5.41, 5.74) is -1.60. The second kappa shape index (κ2) is 4.54. The van der Waals surface area contributed by atoms with Crippen LogP contribution in [-0.4, -0.2) is 20.9 Å². The van der Waals surface area contributed by atoms with Gasteiger partial charge in [-0.1, -0.05) is 13.3 Å². The molecule has 0 saturated carbocycles. The van der Waals surface area contributed by atoms with E-state index in [1.165, 1.54) is 0 Å². The predicted octanol–water partition coefficient (Wildman–Crippen LogP) is 2.40. The van der Waals surface area contributed by atoms with Crippen molar-refractivity contribution in [3.8, 4) is 0 Å². The molecule has 0 saturated heterocycles. The van der Waals surface area contributed by atoms with Gasteiger partial charge in [-0.05, 0) is 6.42 Å². The van der Waals surface area contributed by atoms with E-state index in [-0.39, 0.29) is 6.54 Å². The lowest BCUT2D eigenvalue weighted by Gasteiger charge is -2.03. The summed E-state index contributed by atoms with van der Waals surface area (Å²) in [4.78, 5) is 10.7. The van der Waals surface area contributed by atoms with Crippen molar-refractivity contribution in [2.75, 3.05) is 0 Å². The van der Waals surface area contributed by atoms with Gasteiger partial charge in [0, 0.05) is 12.6 Å². The van der Waals surface area contributed by atoms with E-state index in [9.17, 15) is 18.0 Å². The van der Waals surface area contributed by atoms with Crippen LogP contribution in [0.5, 0.6) is 0 Å². The van der Waals surface area contributed by atoms with Crippen LogP contribution in [-0.2, 0) is 12.7 Å². The van der Waals surface area contributed by atoms with E-state index in [0.29, 0.717) is 12.5 Å². The van der Waals surface area contributed by atoms with Crippen LogP contribution in [0.15, 0.2) is 6.07 Å². The number of nitrogens with zero attached hydrogens (tertiary/aromatic N) is 2. The van der Waals surface area contributed by atoms with Gasteiger partial charge in [0.15, 0.2) is 5.69 Å². The zero-order valence-corrected chi connectivity index (χ0v) is 8.58. The van der Waals surface area contributed by atoms with Gasteiger partial charge in [0.25, 0.3) is 0 Å². The predicted molar refractivity (Wildman–Crippen MR) is 49.1 cm³/mol. The molecule has 16 heavy (non-hydrogen) atoms. The SMILES string of the molecule is CCCCn1nc(C(F)(F)F)cc1C(=O)O. The maximum Gasteiger partial charge on any atom is 0.435 e. The molecule has 0 atom stereocenters. The van der Waals surface area contributed by atoms with Crippen molar-refractivity contribution in [1.29, 1.82) is 0 Å². The van der Waals surface area contributed by atoms with Crippen LogP contribution in [0.2, 0.25) is 0 Å². The Morgan fingerprint density at radius 2 is 2.19 bits per heavy atom. The quantitative estimate of drug-likeness (QED) is 0.873. The third-order valence-electron chi connectivity index (χ3n) is 2.01. The standard InChI is InChI=1S/C9H11F3N2O2/c1-2-3-4-14-6(8(15)16)5-7(13-14)9(10,11)12/h5H,2-4H2,1H3,(H,15,16). The zero-order chi connectivity index (χ0) is 12.3. The molecule has 4 nitrogen and oxygen atoms in total. The van der Waals surface area contributed by atoms with Crippen molar-refractivity contribution in [3.63, 3.8) is 0 Å². The number of rotatable bonds is 4. The lowest BCUT2D eigenvalue weighted by molar-refractivity contribution is -0.141. The topological polar surface area (TPSA) is 55.1 Å². The molecule has 1 aromatic heterocycles. The fraction of sp³-hybridized carbons (Fsp3) is 0.556. The Morgan fingerprint density at radius 3 is 2.62 bits per heavy atom. The second-order valence-electron chi connectivity index (χ2n) is 3.29. The molecule has 1 aromatic rings. The van der Waals surface area contributed by atoms with Gasteiger partial charge in [-0.2, -0.15) is 18.3 Å². The number of carbonyl (C=O) groups is 1. The van der Waals surface area contributed by atoms with Gasteiger partial charge in [0.2, 0.25) is 0 Å². The molecule has 0 aliphatic heterocycles. The molecule has 0 fully saturated rings. The van der Waals surface area contributed by atoms with E-state index in [0.717, 1.165) is 11.1 Å².